The highest BCUT2D eigenvalue weighted by molar-refractivity contribution is 5.88. The molecular weight excluding hydrogens is 715 g/mol. The number of aliphatic hydroxyl groups excluding tert-OH is 1. The number of aromatic nitrogens is 1. The second-order valence-electron chi connectivity index (χ2n) is 16.7. The minimum absolute atomic E-state index is 0.104. The lowest BCUT2D eigenvalue weighted by Gasteiger charge is -2.49. The molecule has 4 aromatic rings. The first kappa shape index (κ1) is 38.0. The number of methoxy groups -OCH3 is 1. The van der Waals surface area contributed by atoms with E-state index in [4.69, 9.17) is 18.9 Å². The lowest BCUT2D eigenvalue weighted by atomic mass is 9.57. The third-order valence-electron chi connectivity index (χ3n) is 13.0. The van der Waals surface area contributed by atoms with Gasteiger partial charge in [-0.05, 0) is 116 Å². The van der Waals surface area contributed by atoms with Gasteiger partial charge >= 0.3 is 0 Å². The Balaban J connectivity index is 1.24. The highest BCUT2D eigenvalue weighted by atomic mass is 16.5. The summed E-state index contributed by atoms with van der Waals surface area (Å²) in [5.74, 6) is 9.13. The zero-order valence-electron chi connectivity index (χ0n) is 33.2. The molecule has 0 radical (unpaired) electrons. The molecule has 4 aliphatic heterocycles. The molecule has 298 valence electrons. The van der Waals surface area contributed by atoms with Gasteiger partial charge in [0.15, 0.2) is 11.5 Å². The van der Waals surface area contributed by atoms with Crippen molar-refractivity contribution in [1.29, 1.82) is 0 Å². The number of ether oxygens (including phenoxy) is 4. The molecular formula is C48H55N3O6. The lowest BCUT2D eigenvalue weighted by Crippen LogP contribution is -2.47. The van der Waals surface area contributed by atoms with Gasteiger partial charge in [-0.2, -0.15) is 0 Å². The van der Waals surface area contributed by atoms with Crippen LogP contribution in [0.2, 0.25) is 0 Å². The van der Waals surface area contributed by atoms with E-state index in [1.54, 1.807) is 13.2 Å². The van der Waals surface area contributed by atoms with Crippen LogP contribution in [-0.4, -0.2) is 66.8 Å². The Bertz CT molecular complexity index is 2250. The maximum Gasteiger partial charge on any atom is 0.161 e. The largest absolute Gasteiger partial charge is 0.504 e. The summed E-state index contributed by atoms with van der Waals surface area (Å²) in [6.45, 7) is 4.62. The number of nitrogens with zero attached hydrogens (tertiary/aromatic N) is 1. The Morgan fingerprint density at radius 3 is 2.84 bits per heavy atom. The summed E-state index contributed by atoms with van der Waals surface area (Å²) in [7, 11) is 1.68. The second-order valence-corrected chi connectivity index (χ2v) is 16.7. The smallest absolute Gasteiger partial charge is 0.161 e. The van der Waals surface area contributed by atoms with Crippen LogP contribution in [0.5, 0.6) is 11.5 Å². The highest BCUT2D eigenvalue weighted by Crippen LogP contribution is 2.52. The van der Waals surface area contributed by atoms with E-state index >= 15 is 0 Å². The van der Waals surface area contributed by atoms with Crippen molar-refractivity contribution in [3.8, 4) is 23.3 Å². The lowest BCUT2D eigenvalue weighted by molar-refractivity contribution is 0.00498. The summed E-state index contributed by atoms with van der Waals surface area (Å²) in [6.07, 6.45) is 13.3. The summed E-state index contributed by atoms with van der Waals surface area (Å²) >= 11 is 0. The van der Waals surface area contributed by atoms with Crippen molar-refractivity contribution < 1.29 is 29.2 Å². The number of dihydropyridines is 1. The molecule has 1 aliphatic carbocycles. The van der Waals surface area contributed by atoms with Crippen molar-refractivity contribution in [1.82, 2.24) is 15.2 Å². The van der Waals surface area contributed by atoms with E-state index in [1.165, 1.54) is 16.7 Å². The molecule has 1 unspecified atom stereocenters. The molecule has 5 heterocycles. The summed E-state index contributed by atoms with van der Waals surface area (Å²) in [4.78, 5) is 0. The van der Waals surface area contributed by atoms with Crippen molar-refractivity contribution in [2.45, 2.75) is 95.1 Å². The fourth-order valence-corrected chi connectivity index (χ4v) is 9.95. The van der Waals surface area contributed by atoms with Crippen molar-refractivity contribution in [3.05, 3.63) is 112 Å². The molecule has 0 amide bonds. The predicted molar refractivity (Wildman–Crippen MR) is 222 cm³/mol. The first-order chi connectivity index (χ1) is 27.9. The number of hydrogen-bond donors (Lipinski definition) is 4. The number of phenols is 1. The number of fused-ring (bicyclic) bond motifs is 9. The number of nitrogens with one attached hydrogen (secondary N) is 2. The predicted octanol–water partition coefficient (Wildman–Crippen LogP) is 7.32. The fourth-order valence-electron chi connectivity index (χ4n) is 9.95. The molecule has 4 N–H and O–H groups in total. The number of hydrogen-bond acceptors (Lipinski definition) is 8. The zero-order chi connectivity index (χ0) is 38.9. The van der Waals surface area contributed by atoms with Gasteiger partial charge in [-0.25, -0.2) is 0 Å². The van der Waals surface area contributed by atoms with Crippen LogP contribution in [0.3, 0.4) is 0 Å². The van der Waals surface area contributed by atoms with Crippen molar-refractivity contribution in [3.63, 3.8) is 0 Å². The summed E-state index contributed by atoms with van der Waals surface area (Å²) in [6, 6.07) is 19.3. The van der Waals surface area contributed by atoms with Gasteiger partial charge in [0.25, 0.3) is 0 Å². The molecule has 9 heteroatoms. The first-order valence-electron chi connectivity index (χ1n) is 20.9. The molecule has 3 aromatic carbocycles. The quantitative estimate of drug-likeness (QED) is 0.127. The summed E-state index contributed by atoms with van der Waals surface area (Å²) in [5.41, 5.74) is 7.88. The standard InChI is InChI=1S/C48H55N3O6/c1-31-6-5-8-40-24-39(52)16-11-32-12-17-44(53)45(20-32)57-27-36-22-38(48-18-19-55-28-37(48)15-14-33-7-3-4-9-43(33)48)21-35-25-51(26-41(35)36)47-42(29-56-40)34(13-10-31)23-46(50-47)49-30-54-2/h3-4,7,9,12,17,20-23,25-26,31,37,39-40,46,49-50,52-53H,5-6,8,11,14-16,18-19,24,27-30H2,1-2H3/t31-,37-,39-,40+,46?,48-/m1/s1. The molecule has 6 bridgehead atoms. The van der Waals surface area contributed by atoms with Gasteiger partial charge in [0.05, 0.1) is 32.2 Å². The average molecular weight is 770 g/mol. The van der Waals surface area contributed by atoms with Crippen LogP contribution >= 0.6 is 0 Å². The molecule has 0 spiro atoms. The van der Waals surface area contributed by atoms with Crippen LogP contribution < -0.4 is 15.4 Å². The van der Waals surface area contributed by atoms with E-state index in [2.05, 4.69) is 88.8 Å². The number of rotatable bonds is 4. The van der Waals surface area contributed by atoms with Crippen molar-refractivity contribution in [2.24, 2.45) is 11.8 Å². The molecule has 9 rings (SSSR count). The van der Waals surface area contributed by atoms with Crippen molar-refractivity contribution in [2.75, 3.05) is 33.7 Å². The topological polar surface area (TPSA) is 106 Å². The Morgan fingerprint density at radius 2 is 1.93 bits per heavy atom. The van der Waals surface area contributed by atoms with E-state index in [9.17, 15) is 10.2 Å². The minimum Gasteiger partial charge on any atom is -0.504 e. The van der Waals surface area contributed by atoms with E-state index < -0.39 is 6.10 Å². The van der Waals surface area contributed by atoms with Crippen LogP contribution in [0.25, 0.3) is 16.6 Å². The zero-order valence-corrected chi connectivity index (χ0v) is 33.2. The van der Waals surface area contributed by atoms with Gasteiger partial charge in [-0.15, -0.1) is 0 Å². The Hall–Kier alpha value is -4.56. The Labute approximate surface area is 336 Å². The normalized spacial score (nSPS) is 27.7. The van der Waals surface area contributed by atoms with Crippen LogP contribution in [0.4, 0.5) is 0 Å². The van der Waals surface area contributed by atoms with Gasteiger partial charge < -0.3 is 39.0 Å². The number of phenolic OH excluding ortho intramolecular Hbond substituents is 1. The molecule has 57 heavy (non-hydrogen) atoms. The number of aromatic hydroxyl groups is 1. The van der Waals surface area contributed by atoms with Crippen LogP contribution in [0, 0.1) is 23.7 Å². The summed E-state index contributed by atoms with van der Waals surface area (Å²) < 4.78 is 27.2. The Kier molecular flexibility index (Phi) is 10.9. The van der Waals surface area contributed by atoms with Gasteiger partial charge in [-0.3, -0.25) is 5.32 Å². The van der Waals surface area contributed by atoms with Gasteiger partial charge in [0.1, 0.15) is 18.6 Å². The second kappa shape index (κ2) is 16.4. The maximum atomic E-state index is 11.4. The van der Waals surface area contributed by atoms with Crippen LogP contribution in [0.15, 0.2) is 84.2 Å². The van der Waals surface area contributed by atoms with Gasteiger partial charge in [0.2, 0.25) is 0 Å². The molecule has 1 fully saturated rings. The summed E-state index contributed by atoms with van der Waals surface area (Å²) in [5, 5.41) is 31.8. The van der Waals surface area contributed by atoms with Crippen LogP contribution in [-0.2, 0) is 39.1 Å². The Morgan fingerprint density at radius 1 is 1.02 bits per heavy atom. The SMILES string of the molecule is COCNC1C=C2C#C[C@H](C)CCC[C@H]3C[C@H](O)CCc4ccc(O)c(c4)OCc4cc([C@@]56CCOC[C@H]5CCc5ccccc56)cc5cn(cc45)C(=C2CO3)N1. The molecule has 0 saturated carbocycles. The number of aliphatic hydroxyl groups is 1. The van der Waals surface area contributed by atoms with E-state index in [0.29, 0.717) is 50.9 Å². The number of benzene rings is 3. The molecule has 1 aromatic heterocycles. The van der Waals surface area contributed by atoms with E-state index in [-0.39, 0.29) is 36.0 Å². The first-order valence-corrected chi connectivity index (χ1v) is 20.9. The maximum absolute atomic E-state index is 11.4. The monoisotopic (exact) mass is 769 g/mol. The fraction of sp³-hybridized carbons (Fsp3) is 0.458. The average Bonchev–Trinajstić information content (AvgIpc) is 3.66. The van der Waals surface area contributed by atoms with E-state index in [1.807, 2.05) is 12.1 Å². The highest BCUT2D eigenvalue weighted by Gasteiger charge is 2.47. The number of aryl methyl sites for hydroxylation is 2. The van der Waals surface area contributed by atoms with E-state index in [0.717, 1.165) is 84.0 Å². The molecule has 1 saturated heterocycles. The van der Waals surface area contributed by atoms with Gasteiger partial charge in [0, 0.05) is 59.4 Å². The third-order valence-corrected chi connectivity index (χ3v) is 13.0. The van der Waals surface area contributed by atoms with Crippen molar-refractivity contribution >= 4 is 16.6 Å². The van der Waals surface area contributed by atoms with Crippen LogP contribution in [0.1, 0.15) is 79.7 Å². The third kappa shape index (κ3) is 7.62. The minimum atomic E-state index is -0.539. The molecule has 5 aliphatic rings. The van der Waals surface area contributed by atoms with Gasteiger partial charge in [-0.1, -0.05) is 55.2 Å². The molecule has 6 atom stereocenters. The molecule has 9 nitrogen and oxygen atoms in total.